The number of nitrogens with zero attached hydrogens (tertiary/aromatic N) is 6. The zero-order chi connectivity index (χ0) is 24.9. The molecule has 1 saturated heterocycles. The van der Waals surface area contributed by atoms with Crippen molar-refractivity contribution in [2.24, 2.45) is 11.8 Å². The van der Waals surface area contributed by atoms with E-state index in [1.807, 2.05) is 12.3 Å². The highest BCUT2D eigenvalue weighted by molar-refractivity contribution is 6.30. The van der Waals surface area contributed by atoms with Crippen molar-refractivity contribution < 1.29 is 4.74 Å². The van der Waals surface area contributed by atoms with Gasteiger partial charge in [-0.2, -0.15) is 0 Å². The van der Waals surface area contributed by atoms with E-state index in [1.54, 1.807) is 6.20 Å². The minimum atomic E-state index is 0.294. The van der Waals surface area contributed by atoms with E-state index < -0.39 is 0 Å². The predicted molar refractivity (Wildman–Crippen MR) is 144 cm³/mol. The van der Waals surface area contributed by atoms with E-state index in [9.17, 15) is 0 Å². The average molecular weight is 521 g/mol. The van der Waals surface area contributed by atoms with Gasteiger partial charge >= 0.3 is 0 Å². The van der Waals surface area contributed by atoms with Crippen LogP contribution in [-0.2, 0) is 11.3 Å². The number of halogens is 1. The fourth-order valence-corrected chi connectivity index (χ4v) is 6.75. The lowest BCUT2D eigenvalue weighted by Gasteiger charge is -2.39. The number of imidazole rings is 1. The highest BCUT2D eigenvalue weighted by Crippen LogP contribution is 2.39. The summed E-state index contributed by atoms with van der Waals surface area (Å²) in [5, 5.41) is 10.6. The second kappa shape index (κ2) is 9.44. The van der Waals surface area contributed by atoms with Gasteiger partial charge in [0.2, 0.25) is 5.95 Å². The summed E-state index contributed by atoms with van der Waals surface area (Å²) in [6, 6.07) is 4.37. The van der Waals surface area contributed by atoms with Gasteiger partial charge in [-0.3, -0.25) is 10.1 Å². The number of hydrogen-bond donors (Lipinski definition) is 2. The normalized spacial score (nSPS) is 26.2. The maximum atomic E-state index is 6.40. The summed E-state index contributed by atoms with van der Waals surface area (Å²) in [5.41, 5.74) is 4.47. The number of nitrogens with one attached hydrogen (secondary N) is 2. The van der Waals surface area contributed by atoms with E-state index in [4.69, 9.17) is 26.3 Å². The highest BCUT2D eigenvalue weighted by atomic mass is 35.5. The van der Waals surface area contributed by atoms with E-state index >= 15 is 0 Å². The molecule has 2 N–H and O–H groups in total. The molecule has 4 aromatic rings. The van der Waals surface area contributed by atoms with Crippen LogP contribution in [0.2, 0.25) is 5.02 Å². The number of fused-ring (bicyclic) bond motifs is 2. The Labute approximate surface area is 221 Å². The molecule has 2 atom stereocenters. The second-order valence-electron chi connectivity index (χ2n) is 11.1. The zero-order valence-electron chi connectivity index (χ0n) is 21.2. The van der Waals surface area contributed by atoms with Crippen LogP contribution in [-0.4, -0.2) is 60.2 Å². The molecule has 0 radical (unpaired) electrons. The lowest BCUT2D eigenvalue weighted by atomic mass is 9.83. The van der Waals surface area contributed by atoms with Gasteiger partial charge in [0.05, 0.1) is 40.5 Å². The molecular weight excluding hydrogens is 488 g/mol. The zero-order valence-corrected chi connectivity index (χ0v) is 21.9. The summed E-state index contributed by atoms with van der Waals surface area (Å²) in [5.74, 6) is 3.19. The standard InChI is InChI=1S/C27H33ClN8O/c1-16-5-7-17(8-6-16)15-36-25-20(31-27(36)35-9-10-37-23-4-2-3-22(23)35)12-21(26-32-34-33-26)30-24(25)18-11-19(28)14-29-13-18/h11-14,16-17,22-23,34H,2-10,15H2,1H3,(H,32,33)/t16?,17?,22-,23-/m1/s1. The monoisotopic (exact) mass is 520 g/mol. The van der Waals surface area contributed by atoms with Gasteiger partial charge in [-0.1, -0.05) is 31.4 Å². The Bertz CT molecular complexity index is 1390. The number of H-pyrrole nitrogens is 2. The third kappa shape index (κ3) is 4.22. The predicted octanol–water partition coefficient (Wildman–Crippen LogP) is 5.45. The molecule has 3 fully saturated rings. The highest BCUT2D eigenvalue weighted by Gasteiger charge is 2.39. The van der Waals surface area contributed by atoms with Crippen LogP contribution in [0.3, 0.4) is 0 Å². The first kappa shape index (κ1) is 23.2. The van der Waals surface area contributed by atoms with E-state index in [0.29, 0.717) is 28.9 Å². The molecular formula is C27H33ClN8O. The number of morpholine rings is 1. The molecule has 37 heavy (non-hydrogen) atoms. The van der Waals surface area contributed by atoms with Gasteiger partial charge in [-0.05, 0) is 56.1 Å². The fraction of sp³-hybridized carbons (Fsp3) is 0.556. The third-order valence-electron chi connectivity index (χ3n) is 8.58. The third-order valence-corrected chi connectivity index (χ3v) is 8.79. The van der Waals surface area contributed by atoms with Gasteiger partial charge in [-0.25, -0.2) is 15.2 Å². The molecule has 194 valence electrons. The molecule has 7 rings (SSSR count). The molecule has 0 amide bonds. The molecule has 10 heteroatoms. The molecule has 0 bridgehead atoms. The van der Waals surface area contributed by atoms with Crippen molar-refractivity contribution in [3.05, 3.63) is 29.5 Å². The number of aromatic nitrogens is 7. The van der Waals surface area contributed by atoms with Crippen molar-refractivity contribution in [3.8, 4) is 22.8 Å². The first-order valence-corrected chi connectivity index (χ1v) is 14.0. The number of ether oxygens (including phenoxy) is 1. The van der Waals surface area contributed by atoms with E-state index in [1.165, 1.54) is 32.1 Å². The minimum absolute atomic E-state index is 0.294. The Hall–Kier alpha value is -2.91. The van der Waals surface area contributed by atoms with Gasteiger partial charge < -0.3 is 14.2 Å². The number of rotatable bonds is 5. The van der Waals surface area contributed by atoms with Gasteiger partial charge in [0.25, 0.3) is 0 Å². The molecule has 0 spiro atoms. The molecule has 0 unspecified atom stereocenters. The van der Waals surface area contributed by atoms with Crippen LogP contribution < -0.4 is 4.90 Å². The first-order valence-electron chi connectivity index (χ1n) is 13.6. The topological polar surface area (TPSA) is 101 Å². The molecule has 3 aliphatic rings. The average Bonchev–Trinajstić information content (AvgIpc) is 3.49. The molecule has 2 saturated carbocycles. The maximum Gasteiger partial charge on any atom is 0.207 e. The van der Waals surface area contributed by atoms with Crippen LogP contribution in [0.1, 0.15) is 51.9 Å². The number of pyridine rings is 2. The van der Waals surface area contributed by atoms with Crippen LogP contribution in [0.5, 0.6) is 0 Å². The summed E-state index contributed by atoms with van der Waals surface area (Å²) in [4.78, 5) is 17.3. The fourth-order valence-electron chi connectivity index (χ4n) is 6.58. The summed E-state index contributed by atoms with van der Waals surface area (Å²) >= 11 is 6.40. The number of aromatic amines is 2. The van der Waals surface area contributed by atoms with Crippen molar-refractivity contribution in [1.82, 2.24) is 34.9 Å². The lowest BCUT2D eigenvalue weighted by Crippen LogP contribution is -2.49. The van der Waals surface area contributed by atoms with E-state index in [-0.39, 0.29) is 0 Å². The first-order chi connectivity index (χ1) is 18.1. The van der Waals surface area contributed by atoms with Crippen LogP contribution in [0.4, 0.5) is 5.95 Å². The van der Waals surface area contributed by atoms with Crippen molar-refractivity contribution in [3.63, 3.8) is 0 Å². The van der Waals surface area contributed by atoms with Gasteiger partial charge in [0.15, 0.2) is 5.82 Å². The Morgan fingerprint density at radius 1 is 1.08 bits per heavy atom. The Morgan fingerprint density at radius 3 is 2.73 bits per heavy atom. The maximum absolute atomic E-state index is 6.40. The van der Waals surface area contributed by atoms with Crippen molar-refractivity contribution in [2.75, 3.05) is 18.1 Å². The molecule has 4 aromatic heterocycles. The molecule has 1 aliphatic heterocycles. The number of anilines is 1. The van der Waals surface area contributed by atoms with Crippen LogP contribution in [0, 0.1) is 11.8 Å². The quantitative estimate of drug-likeness (QED) is 0.363. The second-order valence-corrected chi connectivity index (χ2v) is 11.5. The largest absolute Gasteiger partial charge is 0.374 e. The van der Waals surface area contributed by atoms with Gasteiger partial charge in [0.1, 0.15) is 5.69 Å². The van der Waals surface area contributed by atoms with Gasteiger partial charge in [-0.15, -0.1) is 5.10 Å². The van der Waals surface area contributed by atoms with Crippen molar-refractivity contribution >= 4 is 28.6 Å². The summed E-state index contributed by atoms with van der Waals surface area (Å²) in [6.07, 6.45) is 12.4. The van der Waals surface area contributed by atoms with Gasteiger partial charge in [0, 0.05) is 31.0 Å². The van der Waals surface area contributed by atoms with Crippen LogP contribution in [0.25, 0.3) is 33.8 Å². The Kier molecular flexibility index (Phi) is 5.92. The lowest BCUT2D eigenvalue weighted by molar-refractivity contribution is 0.0247. The molecule has 9 nitrogen and oxygen atoms in total. The SMILES string of the molecule is CC1CCC(Cn2c(N3CCO[C@@H]4CCC[C@H]43)nc3cc(-c4n[nH][nH]4)nc(-c4cncc(Cl)c4)c32)CC1. The summed E-state index contributed by atoms with van der Waals surface area (Å²) < 4.78 is 8.62. The molecule has 5 heterocycles. The summed E-state index contributed by atoms with van der Waals surface area (Å²) in [6.45, 7) is 4.92. The van der Waals surface area contributed by atoms with Crippen molar-refractivity contribution in [2.45, 2.75) is 70.6 Å². The Morgan fingerprint density at radius 2 is 1.95 bits per heavy atom. The minimum Gasteiger partial charge on any atom is -0.374 e. The summed E-state index contributed by atoms with van der Waals surface area (Å²) in [7, 11) is 0. The Balaban J connectivity index is 1.42. The van der Waals surface area contributed by atoms with E-state index in [2.05, 4.69) is 42.9 Å². The van der Waals surface area contributed by atoms with Crippen LogP contribution >= 0.6 is 11.6 Å². The van der Waals surface area contributed by atoms with Crippen LogP contribution in [0.15, 0.2) is 24.5 Å². The van der Waals surface area contributed by atoms with E-state index in [0.717, 1.165) is 72.4 Å². The number of hydrogen-bond acceptors (Lipinski definition) is 6. The smallest absolute Gasteiger partial charge is 0.207 e. The van der Waals surface area contributed by atoms with Crippen molar-refractivity contribution in [1.29, 1.82) is 0 Å². The molecule has 2 aliphatic carbocycles. The molecule has 0 aromatic carbocycles.